The van der Waals surface area contributed by atoms with Crippen LogP contribution in [0.1, 0.15) is 20.3 Å². The van der Waals surface area contributed by atoms with Crippen LogP contribution in [0.4, 0.5) is 11.4 Å². The first-order chi connectivity index (χ1) is 8.49. The number of hydrogen-bond donors (Lipinski definition) is 3. The monoisotopic (exact) mass is 268 g/mol. The van der Waals surface area contributed by atoms with Gasteiger partial charge >= 0.3 is 0 Å². The third-order valence-electron chi connectivity index (χ3n) is 2.56. The van der Waals surface area contributed by atoms with Crippen LogP contribution in [0.3, 0.4) is 0 Å². The lowest BCUT2D eigenvalue weighted by atomic mass is 10.3. The largest absolute Gasteiger partial charge is 0.399 e. The first kappa shape index (κ1) is 14.9. The zero-order valence-electron chi connectivity index (χ0n) is 10.7. The molecule has 0 aliphatic carbocycles. The molecule has 0 aliphatic heterocycles. The summed E-state index contributed by atoms with van der Waals surface area (Å²) in [6.45, 7) is 3.70. The Bertz CT molecular complexity index is 396. The van der Waals surface area contributed by atoms with Gasteiger partial charge in [0.2, 0.25) is 5.91 Å². The molecule has 0 radical (unpaired) electrons. The number of rotatable bonds is 6. The highest BCUT2D eigenvalue weighted by Gasteiger charge is 2.10. The number of aliphatic hydroxyl groups excluding tert-OH is 1. The van der Waals surface area contributed by atoms with Crippen LogP contribution in [0, 0.1) is 0 Å². The Morgan fingerprint density at radius 3 is 2.83 bits per heavy atom. The van der Waals surface area contributed by atoms with Crippen molar-refractivity contribution >= 4 is 29.0 Å². The molecule has 4 N–H and O–H groups in total. The molecule has 1 aromatic rings. The second-order valence-electron chi connectivity index (χ2n) is 4.24. The van der Waals surface area contributed by atoms with Gasteiger partial charge in [-0.2, -0.15) is 11.8 Å². The summed E-state index contributed by atoms with van der Waals surface area (Å²) < 4.78 is 0. The number of hydrogen-bond acceptors (Lipinski definition) is 4. The van der Waals surface area contributed by atoms with Gasteiger partial charge in [0.1, 0.15) is 0 Å². The molecule has 18 heavy (non-hydrogen) atoms. The molecule has 0 fully saturated rings. The quantitative estimate of drug-likeness (QED) is 0.691. The lowest BCUT2D eigenvalue weighted by Gasteiger charge is -2.13. The van der Waals surface area contributed by atoms with E-state index in [1.165, 1.54) is 0 Å². The van der Waals surface area contributed by atoms with Crippen molar-refractivity contribution in [3.63, 3.8) is 0 Å². The highest BCUT2D eigenvalue weighted by Crippen LogP contribution is 2.16. The Morgan fingerprint density at radius 2 is 2.22 bits per heavy atom. The van der Waals surface area contributed by atoms with Gasteiger partial charge in [-0.1, -0.05) is 13.0 Å². The Hall–Kier alpha value is -1.20. The van der Waals surface area contributed by atoms with E-state index >= 15 is 0 Å². The normalized spacial score (nSPS) is 13.9. The third kappa shape index (κ3) is 5.42. The molecule has 0 saturated heterocycles. The number of amides is 1. The van der Waals surface area contributed by atoms with Crippen molar-refractivity contribution in [2.24, 2.45) is 0 Å². The van der Waals surface area contributed by atoms with Gasteiger partial charge in [0.25, 0.3) is 0 Å². The van der Waals surface area contributed by atoms with E-state index in [4.69, 9.17) is 5.73 Å². The smallest absolute Gasteiger partial charge is 0.225 e. The molecule has 1 aromatic carbocycles. The summed E-state index contributed by atoms with van der Waals surface area (Å²) in [6, 6.07) is 7.11. The van der Waals surface area contributed by atoms with Crippen LogP contribution in [0.5, 0.6) is 0 Å². The first-order valence-electron chi connectivity index (χ1n) is 5.94. The molecule has 1 rings (SSSR count). The average molecular weight is 268 g/mol. The number of benzene rings is 1. The van der Waals surface area contributed by atoms with Crippen molar-refractivity contribution in [2.45, 2.75) is 31.6 Å². The van der Waals surface area contributed by atoms with Crippen LogP contribution in [-0.2, 0) is 4.79 Å². The fourth-order valence-electron chi connectivity index (χ4n) is 1.32. The highest BCUT2D eigenvalue weighted by atomic mass is 32.2. The molecule has 4 nitrogen and oxygen atoms in total. The van der Waals surface area contributed by atoms with Crippen LogP contribution < -0.4 is 11.1 Å². The number of carbonyl (C=O) groups excluding carboxylic acids is 1. The van der Waals surface area contributed by atoms with Crippen LogP contribution in [0.15, 0.2) is 24.3 Å². The minimum atomic E-state index is -0.355. The van der Waals surface area contributed by atoms with Gasteiger partial charge in [-0.05, 0) is 25.1 Å². The minimum Gasteiger partial charge on any atom is -0.399 e. The van der Waals surface area contributed by atoms with Crippen LogP contribution >= 0.6 is 11.8 Å². The summed E-state index contributed by atoms with van der Waals surface area (Å²) in [5.41, 5.74) is 6.97. The Morgan fingerprint density at radius 1 is 1.50 bits per heavy atom. The number of anilines is 2. The summed E-state index contributed by atoms with van der Waals surface area (Å²) in [7, 11) is 0. The Balaban J connectivity index is 2.30. The van der Waals surface area contributed by atoms with E-state index in [9.17, 15) is 9.90 Å². The summed E-state index contributed by atoms with van der Waals surface area (Å²) in [5.74, 6) is 0.658. The minimum absolute atomic E-state index is 0.0362. The van der Waals surface area contributed by atoms with E-state index in [1.807, 2.05) is 6.92 Å². The van der Waals surface area contributed by atoms with Crippen LogP contribution in [0.2, 0.25) is 0 Å². The molecule has 5 heteroatoms. The number of nitrogens with two attached hydrogens (primary N) is 1. The molecule has 0 bridgehead atoms. The predicted octanol–water partition coefficient (Wildman–Crippen LogP) is 2.10. The zero-order chi connectivity index (χ0) is 13.5. The number of nitrogens with one attached hydrogen (secondary N) is 1. The highest BCUT2D eigenvalue weighted by molar-refractivity contribution is 7.99. The van der Waals surface area contributed by atoms with E-state index in [2.05, 4.69) is 5.32 Å². The fourth-order valence-corrected chi connectivity index (χ4v) is 2.27. The van der Waals surface area contributed by atoms with Crippen molar-refractivity contribution in [2.75, 3.05) is 16.8 Å². The Labute approximate surface area is 112 Å². The van der Waals surface area contributed by atoms with Gasteiger partial charge in [-0.25, -0.2) is 0 Å². The molecule has 0 spiro atoms. The zero-order valence-corrected chi connectivity index (χ0v) is 11.5. The maximum Gasteiger partial charge on any atom is 0.225 e. The number of thioether (sulfide) groups is 1. The van der Waals surface area contributed by atoms with E-state index in [0.717, 1.165) is 0 Å². The van der Waals surface area contributed by atoms with Crippen molar-refractivity contribution in [3.05, 3.63) is 24.3 Å². The van der Waals surface area contributed by atoms with Crippen LogP contribution in [-0.4, -0.2) is 28.1 Å². The molecule has 100 valence electrons. The van der Waals surface area contributed by atoms with Crippen molar-refractivity contribution in [1.29, 1.82) is 0 Å². The van der Waals surface area contributed by atoms with Gasteiger partial charge in [0.15, 0.2) is 0 Å². The third-order valence-corrected chi connectivity index (χ3v) is 3.92. The molecule has 0 heterocycles. The van der Waals surface area contributed by atoms with Gasteiger partial charge in [0.05, 0.1) is 6.10 Å². The average Bonchev–Trinajstić information content (AvgIpc) is 2.28. The first-order valence-corrected chi connectivity index (χ1v) is 6.99. The van der Waals surface area contributed by atoms with Crippen molar-refractivity contribution in [3.8, 4) is 0 Å². The molecule has 0 aliphatic rings. The predicted molar refractivity (Wildman–Crippen MR) is 77.7 cm³/mol. The SMILES string of the molecule is CC(O)C(C)SCCC(=O)Nc1cccc(N)c1. The lowest BCUT2D eigenvalue weighted by Crippen LogP contribution is -2.17. The standard InChI is InChI=1S/C13H20N2O2S/c1-9(16)10(2)18-7-6-13(17)15-12-5-3-4-11(14)8-12/h3-5,8-10,16H,6-7,14H2,1-2H3,(H,15,17). The number of carbonyl (C=O) groups is 1. The molecule has 2 atom stereocenters. The molecule has 0 saturated carbocycles. The second kappa shape index (κ2) is 7.28. The maximum absolute atomic E-state index is 11.6. The van der Waals surface area contributed by atoms with Gasteiger partial charge in [0, 0.05) is 28.8 Å². The number of nitrogen functional groups attached to an aromatic ring is 1. The number of aliphatic hydroxyl groups is 1. The van der Waals surface area contributed by atoms with Crippen molar-refractivity contribution < 1.29 is 9.90 Å². The fraction of sp³-hybridized carbons (Fsp3) is 0.462. The maximum atomic E-state index is 11.6. The molecular weight excluding hydrogens is 248 g/mol. The topological polar surface area (TPSA) is 75.3 Å². The van der Waals surface area contributed by atoms with E-state index in [1.54, 1.807) is 43.0 Å². The van der Waals surface area contributed by atoms with Gasteiger partial charge in [-0.15, -0.1) is 0 Å². The van der Waals surface area contributed by atoms with E-state index < -0.39 is 0 Å². The molecule has 2 unspecified atom stereocenters. The summed E-state index contributed by atoms with van der Waals surface area (Å²) >= 11 is 1.59. The van der Waals surface area contributed by atoms with E-state index in [-0.39, 0.29) is 17.3 Å². The molecule has 0 aromatic heterocycles. The van der Waals surface area contributed by atoms with Crippen LogP contribution in [0.25, 0.3) is 0 Å². The van der Waals surface area contributed by atoms with Gasteiger partial charge in [-0.3, -0.25) is 4.79 Å². The van der Waals surface area contributed by atoms with E-state index in [0.29, 0.717) is 23.5 Å². The molecule has 1 amide bonds. The summed E-state index contributed by atoms with van der Waals surface area (Å²) in [5, 5.41) is 12.3. The molecular formula is C13H20N2O2S. The lowest BCUT2D eigenvalue weighted by molar-refractivity contribution is -0.115. The van der Waals surface area contributed by atoms with Gasteiger partial charge < -0.3 is 16.2 Å². The Kier molecular flexibility index (Phi) is 6.01. The summed E-state index contributed by atoms with van der Waals surface area (Å²) in [6.07, 6.45) is 0.0725. The second-order valence-corrected chi connectivity index (χ2v) is 5.73. The summed E-state index contributed by atoms with van der Waals surface area (Å²) in [4.78, 5) is 11.6. The van der Waals surface area contributed by atoms with Crippen molar-refractivity contribution in [1.82, 2.24) is 0 Å².